The van der Waals surface area contributed by atoms with Crippen molar-refractivity contribution < 1.29 is 5.21 Å². The molecular formula is C9H19N3O. The first-order valence-corrected chi connectivity index (χ1v) is 4.84. The van der Waals surface area contributed by atoms with Crippen molar-refractivity contribution in [3.05, 3.63) is 0 Å². The third-order valence-corrected chi connectivity index (χ3v) is 2.16. The van der Waals surface area contributed by atoms with Crippen LogP contribution in [0.15, 0.2) is 5.16 Å². The van der Waals surface area contributed by atoms with Gasteiger partial charge in [-0.2, -0.15) is 0 Å². The van der Waals surface area contributed by atoms with Gasteiger partial charge in [-0.25, -0.2) is 0 Å². The summed E-state index contributed by atoms with van der Waals surface area (Å²) in [4.78, 5) is 2.29. The fraction of sp³-hybridized carbons (Fsp3) is 0.889. The quantitative estimate of drug-likeness (QED) is 0.289. The molecule has 0 aromatic heterocycles. The molecule has 0 spiro atoms. The van der Waals surface area contributed by atoms with Crippen LogP contribution in [0.3, 0.4) is 0 Å². The molecule has 0 atom stereocenters. The molecule has 3 N–H and O–H groups in total. The van der Waals surface area contributed by atoms with Gasteiger partial charge in [-0.05, 0) is 18.8 Å². The van der Waals surface area contributed by atoms with Crippen molar-refractivity contribution in [3.63, 3.8) is 0 Å². The lowest BCUT2D eigenvalue weighted by molar-refractivity contribution is 0.258. The van der Waals surface area contributed by atoms with E-state index < -0.39 is 0 Å². The zero-order chi connectivity index (χ0) is 9.84. The van der Waals surface area contributed by atoms with Gasteiger partial charge in [-0.15, -0.1) is 0 Å². The van der Waals surface area contributed by atoms with Crippen LogP contribution >= 0.6 is 0 Å². The minimum Gasteiger partial charge on any atom is -0.409 e. The first kappa shape index (κ1) is 10.3. The van der Waals surface area contributed by atoms with Gasteiger partial charge in [0.1, 0.15) is 0 Å². The fourth-order valence-electron chi connectivity index (χ4n) is 1.49. The molecule has 0 aromatic carbocycles. The second-order valence-corrected chi connectivity index (χ2v) is 4.15. The van der Waals surface area contributed by atoms with E-state index in [1.807, 2.05) is 0 Å². The zero-order valence-corrected chi connectivity index (χ0v) is 8.40. The van der Waals surface area contributed by atoms with E-state index in [0.717, 1.165) is 6.54 Å². The molecule has 1 fully saturated rings. The summed E-state index contributed by atoms with van der Waals surface area (Å²) in [6, 6.07) is 0.669. The lowest BCUT2D eigenvalue weighted by Gasteiger charge is -2.22. The molecule has 0 radical (unpaired) electrons. The van der Waals surface area contributed by atoms with Crippen LogP contribution in [0.1, 0.15) is 26.7 Å². The van der Waals surface area contributed by atoms with Gasteiger partial charge in [0.2, 0.25) is 0 Å². The summed E-state index contributed by atoms with van der Waals surface area (Å²) in [5, 5.41) is 11.5. The molecule has 0 aromatic rings. The average molecular weight is 185 g/mol. The summed E-state index contributed by atoms with van der Waals surface area (Å²) in [6.07, 6.45) is 2.51. The summed E-state index contributed by atoms with van der Waals surface area (Å²) in [6.45, 7) is 5.99. The topological polar surface area (TPSA) is 61.8 Å². The number of nitrogens with zero attached hydrogens (tertiary/aromatic N) is 2. The Labute approximate surface area is 79.4 Å². The van der Waals surface area contributed by atoms with E-state index in [-0.39, 0.29) is 0 Å². The summed E-state index contributed by atoms with van der Waals surface area (Å²) in [5.74, 6) is 0.944. The predicted octanol–water partition coefficient (Wildman–Crippen LogP) is 0.853. The Bertz CT molecular complexity index is 187. The van der Waals surface area contributed by atoms with Gasteiger partial charge in [0, 0.05) is 12.6 Å². The Morgan fingerprint density at radius 2 is 2.23 bits per heavy atom. The Balaban J connectivity index is 2.38. The highest BCUT2D eigenvalue weighted by molar-refractivity contribution is 5.81. The van der Waals surface area contributed by atoms with Gasteiger partial charge < -0.3 is 10.9 Å². The van der Waals surface area contributed by atoms with Crippen molar-refractivity contribution in [1.82, 2.24) is 4.90 Å². The molecule has 1 aliphatic carbocycles. The molecule has 1 saturated carbocycles. The van der Waals surface area contributed by atoms with E-state index in [0.29, 0.717) is 24.3 Å². The number of hydrogen-bond acceptors (Lipinski definition) is 3. The van der Waals surface area contributed by atoms with E-state index in [9.17, 15) is 0 Å². The maximum absolute atomic E-state index is 8.46. The molecule has 13 heavy (non-hydrogen) atoms. The lowest BCUT2D eigenvalue weighted by Crippen LogP contribution is -2.37. The Kier molecular flexibility index (Phi) is 3.54. The van der Waals surface area contributed by atoms with Gasteiger partial charge in [0.05, 0.1) is 6.54 Å². The number of hydrogen-bond donors (Lipinski definition) is 2. The van der Waals surface area contributed by atoms with E-state index in [2.05, 4.69) is 23.9 Å². The van der Waals surface area contributed by atoms with Crippen LogP contribution in [0.25, 0.3) is 0 Å². The molecule has 1 rings (SSSR count). The van der Waals surface area contributed by atoms with Crippen LogP contribution in [0.4, 0.5) is 0 Å². The van der Waals surface area contributed by atoms with Gasteiger partial charge >= 0.3 is 0 Å². The van der Waals surface area contributed by atoms with Crippen molar-refractivity contribution in [2.75, 3.05) is 13.1 Å². The van der Waals surface area contributed by atoms with Crippen molar-refractivity contribution in [3.8, 4) is 0 Å². The minimum atomic E-state index is 0.313. The number of rotatable bonds is 5. The molecule has 4 heteroatoms. The summed E-state index contributed by atoms with van der Waals surface area (Å²) < 4.78 is 0. The molecule has 1 aliphatic rings. The summed E-state index contributed by atoms with van der Waals surface area (Å²) >= 11 is 0. The summed E-state index contributed by atoms with van der Waals surface area (Å²) in [7, 11) is 0. The Morgan fingerprint density at radius 1 is 1.62 bits per heavy atom. The van der Waals surface area contributed by atoms with Crippen molar-refractivity contribution in [2.24, 2.45) is 16.8 Å². The number of amidine groups is 1. The first-order chi connectivity index (χ1) is 6.13. The molecule has 0 bridgehead atoms. The standard InChI is InChI=1S/C9H19N3O/c1-7(2)5-12(8-3-4-8)6-9(10)11-13/h7-8,13H,3-6H2,1-2H3,(H2,10,11). The Morgan fingerprint density at radius 3 is 2.62 bits per heavy atom. The maximum Gasteiger partial charge on any atom is 0.153 e. The van der Waals surface area contributed by atoms with Crippen LogP contribution in [0.2, 0.25) is 0 Å². The monoisotopic (exact) mass is 185 g/mol. The highest BCUT2D eigenvalue weighted by Gasteiger charge is 2.29. The molecule has 0 amide bonds. The second kappa shape index (κ2) is 4.46. The maximum atomic E-state index is 8.46. The van der Waals surface area contributed by atoms with Crippen LogP contribution in [-0.4, -0.2) is 35.1 Å². The first-order valence-electron chi connectivity index (χ1n) is 4.84. The second-order valence-electron chi connectivity index (χ2n) is 4.15. The highest BCUT2D eigenvalue weighted by atomic mass is 16.4. The smallest absolute Gasteiger partial charge is 0.153 e. The lowest BCUT2D eigenvalue weighted by atomic mass is 10.2. The van der Waals surface area contributed by atoms with E-state index in [1.165, 1.54) is 12.8 Å². The van der Waals surface area contributed by atoms with Crippen LogP contribution < -0.4 is 5.73 Å². The summed E-state index contributed by atoms with van der Waals surface area (Å²) in [5.41, 5.74) is 5.47. The van der Waals surface area contributed by atoms with Crippen LogP contribution in [0, 0.1) is 5.92 Å². The molecule has 0 heterocycles. The van der Waals surface area contributed by atoms with Gasteiger partial charge in [-0.3, -0.25) is 4.90 Å². The van der Waals surface area contributed by atoms with Crippen molar-refractivity contribution >= 4 is 5.84 Å². The normalized spacial score (nSPS) is 18.6. The van der Waals surface area contributed by atoms with E-state index >= 15 is 0 Å². The third-order valence-electron chi connectivity index (χ3n) is 2.16. The average Bonchev–Trinajstić information content (AvgIpc) is 2.84. The highest BCUT2D eigenvalue weighted by Crippen LogP contribution is 2.27. The molecule has 76 valence electrons. The minimum absolute atomic E-state index is 0.313. The van der Waals surface area contributed by atoms with Crippen molar-refractivity contribution in [1.29, 1.82) is 0 Å². The largest absolute Gasteiger partial charge is 0.409 e. The molecule has 0 saturated heterocycles. The zero-order valence-electron chi connectivity index (χ0n) is 8.40. The van der Waals surface area contributed by atoms with Gasteiger partial charge in [0.25, 0.3) is 0 Å². The third kappa shape index (κ3) is 3.63. The Hall–Kier alpha value is -0.770. The number of nitrogens with two attached hydrogens (primary N) is 1. The molecular weight excluding hydrogens is 166 g/mol. The van der Waals surface area contributed by atoms with E-state index in [4.69, 9.17) is 10.9 Å². The number of oxime groups is 1. The molecule has 4 nitrogen and oxygen atoms in total. The SMILES string of the molecule is CC(C)CN(CC(N)=NO)C1CC1. The van der Waals surface area contributed by atoms with Crippen LogP contribution in [-0.2, 0) is 0 Å². The van der Waals surface area contributed by atoms with Gasteiger partial charge in [-0.1, -0.05) is 19.0 Å². The van der Waals surface area contributed by atoms with Crippen LogP contribution in [0.5, 0.6) is 0 Å². The van der Waals surface area contributed by atoms with Crippen molar-refractivity contribution in [2.45, 2.75) is 32.7 Å². The predicted molar refractivity (Wildman–Crippen MR) is 52.8 cm³/mol. The van der Waals surface area contributed by atoms with E-state index in [1.54, 1.807) is 0 Å². The molecule has 0 aliphatic heterocycles. The fourth-order valence-corrected chi connectivity index (χ4v) is 1.49. The van der Waals surface area contributed by atoms with Gasteiger partial charge in [0.15, 0.2) is 5.84 Å². The molecule has 0 unspecified atom stereocenters.